The lowest BCUT2D eigenvalue weighted by Crippen LogP contribution is -2.41. The normalized spacial score (nSPS) is 11.6. The van der Waals surface area contributed by atoms with Crippen molar-refractivity contribution in [3.05, 3.63) is 33.8 Å². The molecule has 0 spiro atoms. The van der Waals surface area contributed by atoms with Crippen LogP contribution in [-0.4, -0.2) is 36.1 Å². The number of rotatable bonds is 6. The van der Waals surface area contributed by atoms with Crippen LogP contribution in [-0.2, 0) is 14.3 Å². The lowest BCUT2D eigenvalue weighted by Gasteiger charge is -2.14. The molecule has 21 heavy (non-hydrogen) atoms. The summed E-state index contributed by atoms with van der Waals surface area (Å²) in [4.78, 5) is 34.2. The Balaban J connectivity index is 2.74. The minimum atomic E-state index is -1.19. The van der Waals surface area contributed by atoms with Gasteiger partial charge in [-0.3, -0.25) is 9.59 Å². The summed E-state index contributed by atoms with van der Waals surface area (Å²) in [6, 6.07) is 3.82. The Hall–Kier alpha value is -1.89. The third-order valence-corrected chi connectivity index (χ3v) is 3.78. The molecule has 0 saturated carbocycles. The molecule has 0 saturated heterocycles. The highest BCUT2D eigenvalue weighted by atomic mass is 79.9. The van der Waals surface area contributed by atoms with Gasteiger partial charge in [-0.15, -0.1) is 0 Å². The van der Waals surface area contributed by atoms with Gasteiger partial charge in [0.05, 0.1) is 7.11 Å². The Morgan fingerprint density at radius 2 is 2.05 bits per heavy atom. The van der Waals surface area contributed by atoms with Crippen LogP contribution in [0.25, 0.3) is 0 Å². The number of carbonyl (C=O) groups excluding carboxylic acids is 2. The number of nitrogens with one attached hydrogen (secondary N) is 1. The summed E-state index contributed by atoms with van der Waals surface area (Å²) < 4.78 is 5.31. The summed E-state index contributed by atoms with van der Waals surface area (Å²) in [5, 5.41) is 11.5. The first kappa shape index (κ1) is 17.2. The van der Waals surface area contributed by atoms with E-state index in [0.29, 0.717) is 5.56 Å². The van der Waals surface area contributed by atoms with Crippen LogP contribution < -0.4 is 5.32 Å². The number of hydrogen-bond acceptors (Lipinski definition) is 4. The number of ether oxygens (including phenoxy) is 1. The molecule has 0 bridgehead atoms. The molecule has 6 nitrogen and oxygen atoms in total. The lowest BCUT2D eigenvalue weighted by molar-refractivity contribution is -0.142. The second-order valence-corrected chi connectivity index (χ2v) is 5.30. The molecule has 1 aromatic carbocycles. The molecule has 0 radical (unpaired) electrons. The van der Waals surface area contributed by atoms with Crippen molar-refractivity contribution in [3.8, 4) is 0 Å². The first-order valence-electron chi connectivity index (χ1n) is 6.21. The second kappa shape index (κ2) is 7.78. The molecular weight excluding hydrogens is 342 g/mol. The molecule has 1 atom stereocenters. The minimum Gasteiger partial charge on any atom is -0.480 e. The predicted octanol–water partition coefficient (Wildman–Crippen LogP) is 1.89. The molecule has 1 unspecified atom stereocenters. The van der Waals surface area contributed by atoms with Crippen molar-refractivity contribution in [3.63, 3.8) is 0 Å². The monoisotopic (exact) mass is 357 g/mol. The van der Waals surface area contributed by atoms with Crippen molar-refractivity contribution in [2.45, 2.75) is 25.8 Å². The van der Waals surface area contributed by atoms with E-state index in [1.165, 1.54) is 7.11 Å². The smallest absolute Gasteiger partial charge is 0.326 e. The van der Waals surface area contributed by atoms with E-state index in [-0.39, 0.29) is 12.8 Å². The molecule has 0 aliphatic carbocycles. The summed E-state index contributed by atoms with van der Waals surface area (Å²) in [7, 11) is 1.22. The average molecular weight is 358 g/mol. The molecule has 2 N–H and O–H groups in total. The molecule has 1 rings (SSSR count). The van der Waals surface area contributed by atoms with Gasteiger partial charge in [-0.25, -0.2) is 4.79 Å². The summed E-state index contributed by atoms with van der Waals surface area (Å²) in [5.41, 5.74) is 1.23. The summed E-state index contributed by atoms with van der Waals surface area (Å²) in [6.07, 6.45) is -0.101. The zero-order valence-electron chi connectivity index (χ0n) is 11.7. The fourth-order valence-electron chi connectivity index (χ4n) is 1.65. The molecular formula is C14H16BrNO5. The van der Waals surface area contributed by atoms with Crippen LogP contribution in [0.4, 0.5) is 0 Å². The van der Waals surface area contributed by atoms with Crippen molar-refractivity contribution in [1.82, 2.24) is 5.32 Å². The molecule has 7 heteroatoms. The van der Waals surface area contributed by atoms with E-state index < -0.39 is 23.9 Å². The number of aliphatic carboxylic acids is 1. The highest BCUT2D eigenvalue weighted by Crippen LogP contribution is 2.17. The zero-order chi connectivity index (χ0) is 16.0. The highest BCUT2D eigenvalue weighted by molar-refractivity contribution is 9.10. The van der Waals surface area contributed by atoms with E-state index in [1.807, 2.05) is 6.92 Å². The van der Waals surface area contributed by atoms with Crippen molar-refractivity contribution in [2.75, 3.05) is 7.11 Å². The number of carboxylic acids is 1. The molecule has 0 fully saturated rings. The first-order chi connectivity index (χ1) is 9.85. The third-order valence-electron chi connectivity index (χ3n) is 2.89. The lowest BCUT2D eigenvalue weighted by atomic mass is 10.1. The summed E-state index contributed by atoms with van der Waals surface area (Å²) in [5.74, 6) is -2.21. The Morgan fingerprint density at radius 1 is 1.38 bits per heavy atom. The maximum atomic E-state index is 12.0. The number of carboxylic acid groups (broad SMARTS) is 1. The van der Waals surface area contributed by atoms with Gasteiger partial charge in [0.1, 0.15) is 6.04 Å². The van der Waals surface area contributed by atoms with Gasteiger partial charge in [0.15, 0.2) is 0 Å². The average Bonchev–Trinajstić information content (AvgIpc) is 2.45. The Kier molecular flexibility index (Phi) is 6.36. The molecule has 0 aromatic heterocycles. The largest absolute Gasteiger partial charge is 0.480 e. The van der Waals surface area contributed by atoms with Gasteiger partial charge in [0, 0.05) is 16.5 Å². The van der Waals surface area contributed by atoms with E-state index in [4.69, 9.17) is 5.11 Å². The van der Waals surface area contributed by atoms with Gasteiger partial charge in [0.2, 0.25) is 0 Å². The molecule has 1 aromatic rings. The Bertz CT molecular complexity index is 558. The number of esters is 1. The van der Waals surface area contributed by atoms with Crippen molar-refractivity contribution in [1.29, 1.82) is 0 Å². The number of methoxy groups -OCH3 is 1. The van der Waals surface area contributed by atoms with Gasteiger partial charge < -0.3 is 15.2 Å². The zero-order valence-corrected chi connectivity index (χ0v) is 13.3. The van der Waals surface area contributed by atoms with Gasteiger partial charge in [0.25, 0.3) is 5.91 Å². The maximum Gasteiger partial charge on any atom is 0.326 e. The van der Waals surface area contributed by atoms with Crippen molar-refractivity contribution in [2.24, 2.45) is 0 Å². The van der Waals surface area contributed by atoms with Gasteiger partial charge in [-0.1, -0.05) is 15.9 Å². The van der Waals surface area contributed by atoms with E-state index in [0.717, 1.165) is 10.0 Å². The van der Waals surface area contributed by atoms with Crippen LogP contribution in [0.15, 0.2) is 22.7 Å². The summed E-state index contributed by atoms with van der Waals surface area (Å²) in [6.45, 7) is 1.83. The van der Waals surface area contributed by atoms with Crippen molar-refractivity contribution < 1.29 is 24.2 Å². The number of amides is 1. The van der Waals surface area contributed by atoms with E-state index >= 15 is 0 Å². The Labute approximate surface area is 130 Å². The topological polar surface area (TPSA) is 92.7 Å². The molecule has 114 valence electrons. The Morgan fingerprint density at radius 3 is 2.57 bits per heavy atom. The van der Waals surface area contributed by atoms with Gasteiger partial charge >= 0.3 is 11.9 Å². The van der Waals surface area contributed by atoms with Crippen LogP contribution in [0, 0.1) is 6.92 Å². The van der Waals surface area contributed by atoms with Gasteiger partial charge in [-0.05, 0) is 37.1 Å². The standard InChI is InChI=1S/C14H16BrNO5/c1-8-7-9(3-4-10(8)15)13(18)16-11(14(19)20)5-6-12(17)21-2/h3-4,7,11H,5-6H2,1-2H3,(H,16,18)(H,19,20). The first-order valence-corrected chi connectivity index (χ1v) is 7.01. The second-order valence-electron chi connectivity index (χ2n) is 4.44. The number of aryl methyl sites for hydroxylation is 1. The van der Waals surface area contributed by atoms with Crippen LogP contribution in [0.2, 0.25) is 0 Å². The molecule has 0 aliphatic heterocycles. The van der Waals surface area contributed by atoms with E-state index in [9.17, 15) is 14.4 Å². The predicted molar refractivity (Wildman–Crippen MR) is 79.0 cm³/mol. The summed E-state index contributed by atoms with van der Waals surface area (Å²) >= 11 is 3.32. The van der Waals surface area contributed by atoms with Crippen LogP contribution in [0.1, 0.15) is 28.8 Å². The van der Waals surface area contributed by atoms with Crippen LogP contribution in [0.5, 0.6) is 0 Å². The molecule has 1 amide bonds. The quantitative estimate of drug-likeness (QED) is 0.758. The highest BCUT2D eigenvalue weighted by Gasteiger charge is 2.22. The SMILES string of the molecule is COC(=O)CCC(NC(=O)c1ccc(Br)c(C)c1)C(=O)O. The number of carbonyl (C=O) groups is 3. The third kappa shape index (κ3) is 5.18. The number of halogens is 1. The fraction of sp³-hybridized carbons (Fsp3) is 0.357. The van der Waals surface area contributed by atoms with Crippen LogP contribution in [0.3, 0.4) is 0 Å². The fourth-order valence-corrected chi connectivity index (χ4v) is 1.90. The van der Waals surface area contributed by atoms with Crippen LogP contribution >= 0.6 is 15.9 Å². The van der Waals surface area contributed by atoms with E-state index in [2.05, 4.69) is 26.0 Å². The molecule has 0 heterocycles. The maximum absolute atomic E-state index is 12.0. The van der Waals surface area contributed by atoms with Gasteiger partial charge in [-0.2, -0.15) is 0 Å². The van der Waals surface area contributed by atoms with E-state index in [1.54, 1.807) is 18.2 Å². The molecule has 0 aliphatic rings. The van der Waals surface area contributed by atoms with Crippen molar-refractivity contribution >= 4 is 33.8 Å². The number of benzene rings is 1. The number of hydrogen-bond donors (Lipinski definition) is 2. The minimum absolute atomic E-state index is 0.0245.